The van der Waals surface area contributed by atoms with Gasteiger partial charge in [0.25, 0.3) is 0 Å². The summed E-state index contributed by atoms with van der Waals surface area (Å²) in [5.74, 6) is 0. The third-order valence-corrected chi connectivity index (χ3v) is 3.42. The molecule has 4 nitrogen and oxygen atoms in total. The molecule has 0 aliphatic carbocycles. The quantitative estimate of drug-likeness (QED) is 0.895. The summed E-state index contributed by atoms with van der Waals surface area (Å²) in [6, 6.07) is 4.38. The van der Waals surface area contributed by atoms with E-state index in [4.69, 9.17) is 0 Å². The molecule has 0 aliphatic rings. The first-order chi connectivity index (χ1) is 9.17. The molecule has 2 rings (SSSR count). The molecule has 1 atom stereocenters. The van der Waals surface area contributed by atoms with E-state index in [-0.39, 0.29) is 6.04 Å². The van der Waals surface area contributed by atoms with Gasteiger partial charge in [-0.3, -0.25) is 9.67 Å². The van der Waals surface area contributed by atoms with Crippen LogP contribution in [0.1, 0.15) is 42.4 Å². The summed E-state index contributed by atoms with van der Waals surface area (Å²) in [5, 5.41) is 8.08. The Bertz CT molecular complexity index is 545. The maximum atomic E-state index is 4.54. The molecule has 0 saturated heterocycles. The Kier molecular flexibility index (Phi) is 4.32. The van der Waals surface area contributed by atoms with E-state index in [0.29, 0.717) is 0 Å². The average Bonchev–Trinajstić information content (AvgIpc) is 2.78. The van der Waals surface area contributed by atoms with Crippen LogP contribution in [0.15, 0.2) is 24.5 Å². The standard InChI is InChI=1S/C15H22N4/c1-5-12-9-14(19(4)18-12)15(17-6-2)13-10-16-8-7-11(13)3/h7-10,15,17H,5-6H2,1-4H3. The molecule has 0 spiro atoms. The predicted octanol–water partition coefficient (Wildman–Crippen LogP) is 2.38. The van der Waals surface area contributed by atoms with E-state index in [9.17, 15) is 0 Å². The third kappa shape index (κ3) is 2.84. The number of hydrogen-bond acceptors (Lipinski definition) is 3. The maximum absolute atomic E-state index is 4.54. The number of nitrogens with one attached hydrogen (secondary N) is 1. The first-order valence-corrected chi connectivity index (χ1v) is 6.84. The minimum Gasteiger partial charge on any atom is -0.305 e. The van der Waals surface area contributed by atoms with Crippen LogP contribution in [0, 0.1) is 6.92 Å². The van der Waals surface area contributed by atoms with Gasteiger partial charge >= 0.3 is 0 Å². The summed E-state index contributed by atoms with van der Waals surface area (Å²) in [6.45, 7) is 7.28. The van der Waals surface area contributed by atoms with Gasteiger partial charge in [-0.15, -0.1) is 0 Å². The molecule has 1 N–H and O–H groups in total. The topological polar surface area (TPSA) is 42.7 Å². The van der Waals surface area contributed by atoms with Crippen molar-refractivity contribution in [3.63, 3.8) is 0 Å². The van der Waals surface area contributed by atoms with Gasteiger partial charge in [0, 0.05) is 19.4 Å². The minimum atomic E-state index is 0.150. The zero-order valence-electron chi connectivity index (χ0n) is 12.1. The summed E-state index contributed by atoms with van der Waals surface area (Å²) in [6.07, 6.45) is 4.74. The van der Waals surface area contributed by atoms with Crippen molar-refractivity contribution in [2.24, 2.45) is 7.05 Å². The monoisotopic (exact) mass is 258 g/mol. The van der Waals surface area contributed by atoms with E-state index in [1.165, 1.54) is 16.8 Å². The zero-order valence-corrected chi connectivity index (χ0v) is 12.1. The highest BCUT2D eigenvalue weighted by Gasteiger charge is 2.19. The molecule has 0 fully saturated rings. The summed E-state index contributed by atoms with van der Waals surface area (Å²) in [7, 11) is 2.00. The Hall–Kier alpha value is -1.68. The Morgan fingerprint density at radius 1 is 1.37 bits per heavy atom. The molecule has 0 aliphatic heterocycles. The normalized spacial score (nSPS) is 12.6. The molecule has 2 aromatic rings. The lowest BCUT2D eigenvalue weighted by molar-refractivity contribution is 0.568. The van der Waals surface area contributed by atoms with Crippen LogP contribution < -0.4 is 5.32 Å². The molecular weight excluding hydrogens is 236 g/mol. The second kappa shape index (κ2) is 5.97. The van der Waals surface area contributed by atoms with Gasteiger partial charge in [0.15, 0.2) is 0 Å². The van der Waals surface area contributed by atoms with Gasteiger partial charge in [0.2, 0.25) is 0 Å². The van der Waals surface area contributed by atoms with Crippen LogP contribution in [0.4, 0.5) is 0 Å². The summed E-state index contributed by atoms with van der Waals surface area (Å²) in [4.78, 5) is 4.26. The maximum Gasteiger partial charge on any atom is 0.0765 e. The van der Waals surface area contributed by atoms with Crippen molar-refractivity contribution >= 4 is 0 Å². The van der Waals surface area contributed by atoms with Crippen molar-refractivity contribution in [3.05, 3.63) is 47.0 Å². The highest BCUT2D eigenvalue weighted by Crippen LogP contribution is 2.24. The summed E-state index contributed by atoms with van der Waals surface area (Å²) >= 11 is 0. The second-order valence-corrected chi connectivity index (χ2v) is 4.76. The van der Waals surface area contributed by atoms with Gasteiger partial charge < -0.3 is 5.32 Å². The molecule has 0 saturated carbocycles. The number of rotatable bonds is 5. The van der Waals surface area contributed by atoms with Crippen molar-refractivity contribution in [1.82, 2.24) is 20.1 Å². The van der Waals surface area contributed by atoms with Crippen LogP contribution in [0.3, 0.4) is 0 Å². The van der Waals surface area contributed by atoms with E-state index in [1.54, 1.807) is 0 Å². The van der Waals surface area contributed by atoms with Gasteiger partial charge in [-0.1, -0.05) is 13.8 Å². The first-order valence-electron chi connectivity index (χ1n) is 6.84. The Morgan fingerprint density at radius 3 is 2.74 bits per heavy atom. The fourth-order valence-corrected chi connectivity index (χ4v) is 2.34. The molecule has 0 bridgehead atoms. The lowest BCUT2D eigenvalue weighted by atomic mass is 10.0. The van der Waals surface area contributed by atoms with Gasteiger partial charge in [-0.05, 0) is 43.1 Å². The van der Waals surface area contributed by atoms with E-state index in [1.807, 2.05) is 24.1 Å². The Morgan fingerprint density at radius 2 is 2.16 bits per heavy atom. The fraction of sp³-hybridized carbons (Fsp3) is 0.467. The van der Waals surface area contributed by atoms with Crippen LogP contribution >= 0.6 is 0 Å². The van der Waals surface area contributed by atoms with E-state index < -0.39 is 0 Å². The molecule has 102 valence electrons. The molecule has 2 aromatic heterocycles. The number of aryl methyl sites for hydroxylation is 3. The lowest BCUT2D eigenvalue weighted by Gasteiger charge is -2.20. The van der Waals surface area contributed by atoms with Crippen LogP contribution in [0.5, 0.6) is 0 Å². The lowest BCUT2D eigenvalue weighted by Crippen LogP contribution is -2.25. The number of nitrogens with zero attached hydrogens (tertiary/aromatic N) is 3. The highest BCUT2D eigenvalue weighted by atomic mass is 15.3. The van der Waals surface area contributed by atoms with Crippen molar-refractivity contribution in [2.75, 3.05) is 6.54 Å². The molecule has 0 amide bonds. The fourth-order valence-electron chi connectivity index (χ4n) is 2.34. The largest absolute Gasteiger partial charge is 0.305 e. The summed E-state index contributed by atoms with van der Waals surface area (Å²) in [5.41, 5.74) is 4.78. The number of hydrogen-bond donors (Lipinski definition) is 1. The molecule has 19 heavy (non-hydrogen) atoms. The van der Waals surface area contributed by atoms with Gasteiger partial charge in [0.05, 0.1) is 17.4 Å². The second-order valence-electron chi connectivity index (χ2n) is 4.76. The Labute approximate surface area is 114 Å². The number of pyridine rings is 1. The van der Waals surface area contributed by atoms with Gasteiger partial charge in [-0.25, -0.2) is 0 Å². The van der Waals surface area contributed by atoms with Gasteiger partial charge in [0.1, 0.15) is 0 Å². The molecule has 4 heteroatoms. The molecule has 1 unspecified atom stereocenters. The van der Waals surface area contributed by atoms with Crippen LogP contribution in [0.25, 0.3) is 0 Å². The summed E-state index contributed by atoms with van der Waals surface area (Å²) < 4.78 is 1.97. The smallest absolute Gasteiger partial charge is 0.0765 e. The molecule has 0 aromatic carbocycles. The number of aromatic nitrogens is 3. The van der Waals surface area contributed by atoms with Crippen molar-refractivity contribution < 1.29 is 0 Å². The minimum absolute atomic E-state index is 0.150. The van der Waals surface area contributed by atoms with Crippen LogP contribution in [0.2, 0.25) is 0 Å². The predicted molar refractivity (Wildman–Crippen MR) is 77.1 cm³/mol. The molecular formula is C15H22N4. The molecule has 0 radical (unpaired) electrons. The van der Waals surface area contributed by atoms with E-state index in [0.717, 1.165) is 18.7 Å². The van der Waals surface area contributed by atoms with E-state index >= 15 is 0 Å². The van der Waals surface area contributed by atoms with Crippen LogP contribution in [-0.2, 0) is 13.5 Å². The SMILES string of the molecule is CCNC(c1cnccc1C)c1cc(CC)nn1C. The zero-order chi connectivity index (χ0) is 13.8. The van der Waals surface area contributed by atoms with Crippen molar-refractivity contribution in [1.29, 1.82) is 0 Å². The van der Waals surface area contributed by atoms with Crippen LogP contribution in [-0.4, -0.2) is 21.3 Å². The third-order valence-electron chi connectivity index (χ3n) is 3.42. The van der Waals surface area contributed by atoms with E-state index in [2.05, 4.69) is 48.3 Å². The first kappa shape index (κ1) is 13.7. The van der Waals surface area contributed by atoms with Crippen molar-refractivity contribution in [3.8, 4) is 0 Å². The average molecular weight is 258 g/mol. The van der Waals surface area contributed by atoms with Gasteiger partial charge in [-0.2, -0.15) is 5.10 Å². The Balaban J connectivity index is 2.45. The molecule has 2 heterocycles. The highest BCUT2D eigenvalue weighted by molar-refractivity contribution is 5.32. The van der Waals surface area contributed by atoms with Crippen molar-refractivity contribution in [2.45, 2.75) is 33.2 Å².